The molecule has 72 valence electrons. The third-order valence-electron chi connectivity index (χ3n) is 1.86. The number of nitrogen functional groups attached to an aromatic ring is 2. The lowest BCUT2D eigenvalue weighted by atomic mass is 10.2. The fourth-order valence-corrected chi connectivity index (χ4v) is 2.16. The molecule has 0 aliphatic heterocycles. The van der Waals surface area contributed by atoms with E-state index in [2.05, 4.69) is 4.98 Å². The van der Waals surface area contributed by atoms with Crippen LogP contribution in [0.15, 0.2) is 12.3 Å². The van der Waals surface area contributed by atoms with E-state index in [0.717, 1.165) is 11.3 Å². The first-order chi connectivity index (χ1) is 6.61. The van der Waals surface area contributed by atoms with Crippen molar-refractivity contribution >= 4 is 38.9 Å². The molecule has 14 heavy (non-hydrogen) atoms. The molecule has 0 spiro atoms. The molecular weight excluding hydrogens is 202 g/mol. The van der Waals surface area contributed by atoms with E-state index < -0.39 is 5.97 Å². The molecule has 2 aromatic rings. The van der Waals surface area contributed by atoms with Gasteiger partial charge in [0, 0.05) is 11.9 Å². The summed E-state index contributed by atoms with van der Waals surface area (Å²) in [5, 5.41) is 9.36. The number of pyridine rings is 1. The van der Waals surface area contributed by atoms with E-state index in [1.54, 1.807) is 6.07 Å². The number of carboxylic acid groups (broad SMARTS) is 1. The minimum atomic E-state index is -1.05. The van der Waals surface area contributed by atoms with Gasteiger partial charge in [0.25, 0.3) is 0 Å². The number of hydrogen-bond donors (Lipinski definition) is 3. The first kappa shape index (κ1) is 8.76. The monoisotopic (exact) mass is 209 g/mol. The van der Waals surface area contributed by atoms with Gasteiger partial charge in [-0.1, -0.05) is 0 Å². The van der Waals surface area contributed by atoms with Crippen LogP contribution in [0, 0.1) is 0 Å². The Labute approximate surface area is 83.0 Å². The highest BCUT2D eigenvalue weighted by Gasteiger charge is 2.17. The number of nitrogens with zero attached hydrogens (tertiary/aromatic N) is 1. The molecule has 0 radical (unpaired) electrons. The number of nitrogens with two attached hydrogens (primary N) is 2. The Balaban J connectivity index is 2.87. The number of aromatic carboxylic acids is 1. The van der Waals surface area contributed by atoms with Gasteiger partial charge < -0.3 is 16.6 Å². The Morgan fingerprint density at radius 1 is 1.50 bits per heavy atom. The smallest absolute Gasteiger partial charge is 0.348 e. The fourth-order valence-electron chi connectivity index (χ4n) is 1.23. The molecule has 0 unspecified atom stereocenters. The standard InChI is InChI=1S/C8H7N3O2S/c9-3-1-2-11-7-4(3)5(10)6(14-7)8(12)13/h1-2H,10H2,(H2,9,11)(H,12,13). The molecule has 0 amide bonds. The Morgan fingerprint density at radius 2 is 2.21 bits per heavy atom. The van der Waals surface area contributed by atoms with E-state index >= 15 is 0 Å². The second kappa shape index (κ2) is 2.85. The van der Waals surface area contributed by atoms with Crippen LogP contribution in [0.2, 0.25) is 0 Å². The Bertz CT molecular complexity index is 521. The molecule has 6 heteroatoms. The van der Waals surface area contributed by atoms with E-state index in [1.807, 2.05) is 0 Å². The van der Waals surface area contributed by atoms with Crippen LogP contribution in [0.5, 0.6) is 0 Å². The predicted molar refractivity (Wildman–Crippen MR) is 55.4 cm³/mol. The molecule has 5 nitrogen and oxygen atoms in total. The summed E-state index contributed by atoms with van der Waals surface area (Å²) in [5.74, 6) is -1.05. The molecule has 0 aromatic carbocycles. The predicted octanol–water partition coefficient (Wildman–Crippen LogP) is 1.16. The number of carboxylic acids is 1. The summed E-state index contributed by atoms with van der Waals surface area (Å²) in [5.41, 5.74) is 12.0. The number of aromatic nitrogens is 1. The minimum absolute atomic E-state index is 0.0883. The van der Waals surface area contributed by atoms with Crippen LogP contribution in [-0.2, 0) is 0 Å². The Kier molecular flexibility index (Phi) is 1.78. The SMILES string of the molecule is Nc1ccnc2sc(C(=O)O)c(N)c12. The zero-order valence-electron chi connectivity index (χ0n) is 7.02. The second-order valence-corrected chi connectivity index (χ2v) is 3.73. The van der Waals surface area contributed by atoms with Gasteiger partial charge in [0.05, 0.1) is 11.1 Å². The summed E-state index contributed by atoms with van der Waals surface area (Å²) in [6.07, 6.45) is 1.53. The van der Waals surface area contributed by atoms with Crippen molar-refractivity contribution in [1.82, 2.24) is 4.98 Å². The van der Waals surface area contributed by atoms with Gasteiger partial charge in [-0.3, -0.25) is 0 Å². The molecule has 0 fully saturated rings. The second-order valence-electron chi connectivity index (χ2n) is 2.73. The number of thiophene rings is 1. The molecule has 0 atom stereocenters. The average Bonchev–Trinajstić information content (AvgIpc) is 2.45. The molecule has 0 saturated heterocycles. The van der Waals surface area contributed by atoms with E-state index in [4.69, 9.17) is 16.6 Å². The van der Waals surface area contributed by atoms with Gasteiger partial charge >= 0.3 is 5.97 Å². The zero-order valence-corrected chi connectivity index (χ0v) is 7.84. The lowest BCUT2D eigenvalue weighted by Gasteiger charge is -1.95. The average molecular weight is 209 g/mol. The third kappa shape index (κ3) is 1.08. The molecule has 2 heterocycles. The number of rotatable bonds is 1. The molecule has 2 aromatic heterocycles. The van der Waals surface area contributed by atoms with Crippen LogP contribution in [0.4, 0.5) is 11.4 Å². The van der Waals surface area contributed by atoms with Gasteiger partial charge in [-0.15, -0.1) is 11.3 Å². The van der Waals surface area contributed by atoms with Gasteiger partial charge in [-0.05, 0) is 6.07 Å². The molecule has 0 aliphatic rings. The van der Waals surface area contributed by atoms with E-state index in [9.17, 15) is 4.79 Å². The zero-order chi connectivity index (χ0) is 10.3. The highest BCUT2D eigenvalue weighted by atomic mass is 32.1. The topological polar surface area (TPSA) is 102 Å². The first-order valence-corrected chi connectivity index (χ1v) is 4.58. The lowest BCUT2D eigenvalue weighted by Crippen LogP contribution is -1.98. The van der Waals surface area contributed by atoms with Crippen molar-refractivity contribution in [2.75, 3.05) is 11.5 Å². The molecule has 0 aliphatic carbocycles. The quantitative estimate of drug-likeness (QED) is 0.654. The number of fused-ring (bicyclic) bond motifs is 1. The van der Waals surface area contributed by atoms with Crippen LogP contribution in [0.1, 0.15) is 9.67 Å². The highest BCUT2D eigenvalue weighted by molar-refractivity contribution is 7.21. The molecule has 0 saturated carbocycles. The summed E-state index contributed by atoms with van der Waals surface area (Å²) in [7, 11) is 0. The molecule has 2 rings (SSSR count). The van der Waals surface area contributed by atoms with E-state index in [0.29, 0.717) is 15.9 Å². The van der Waals surface area contributed by atoms with Gasteiger partial charge in [0.2, 0.25) is 0 Å². The van der Waals surface area contributed by atoms with Crippen LogP contribution in [-0.4, -0.2) is 16.1 Å². The summed E-state index contributed by atoms with van der Waals surface area (Å²) in [6.45, 7) is 0. The van der Waals surface area contributed by atoms with Crippen molar-refractivity contribution in [3.8, 4) is 0 Å². The van der Waals surface area contributed by atoms with Crippen LogP contribution in [0.3, 0.4) is 0 Å². The summed E-state index contributed by atoms with van der Waals surface area (Å²) in [4.78, 5) is 15.4. The van der Waals surface area contributed by atoms with Gasteiger partial charge in [0.1, 0.15) is 9.71 Å². The van der Waals surface area contributed by atoms with Gasteiger partial charge in [-0.25, -0.2) is 9.78 Å². The molecule has 5 N–H and O–H groups in total. The summed E-state index contributed by atoms with van der Waals surface area (Å²) < 4.78 is 0. The van der Waals surface area contributed by atoms with E-state index in [-0.39, 0.29) is 10.6 Å². The van der Waals surface area contributed by atoms with Crippen LogP contribution < -0.4 is 11.5 Å². The lowest BCUT2D eigenvalue weighted by molar-refractivity contribution is 0.0703. The minimum Gasteiger partial charge on any atom is -0.477 e. The maximum absolute atomic E-state index is 10.8. The van der Waals surface area contributed by atoms with Crippen molar-refractivity contribution in [2.24, 2.45) is 0 Å². The normalized spacial score (nSPS) is 10.6. The Hall–Kier alpha value is -1.82. The molecular formula is C8H7N3O2S. The highest BCUT2D eigenvalue weighted by Crippen LogP contribution is 2.35. The van der Waals surface area contributed by atoms with Crippen molar-refractivity contribution in [3.63, 3.8) is 0 Å². The maximum Gasteiger partial charge on any atom is 0.348 e. The Morgan fingerprint density at radius 3 is 2.79 bits per heavy atom. The molecule has 0 bridgehead atoms. The van der Waals surface area contributed by atoms with Crippen molar-refractivity contribution < 1.29 is 9.90 Å². The van der Waals surface area contributed by atoms with Gasteiger partial charge in [0.15, 0.2) is 0 Å². The van der Waals surface area contributed by atoms with Crippen molar-refractivity contribution in [2.45, 2.75) is 0 Å². The van der Waals surface area contributed by atoms with Crippen molar-refractivity contribution in [3.05, 3.63) is 17.1 Å². The summed E-state index contributed by atoms with van der Waals surface area (Å²) >= 11 is 1.03. The maximum atomic E-state index is 10.8. The number of anilines is 2. The number of carbonyl (C=O) groups is 1. The first-order valence-electron chi connectivity index (χ1n) is 3.77. The van der Waals surface area contributed by atoms with Gasteiger partial charge in [-0.2, -0.15) is 0 Å². The van der Waals surface area contributed by atoms with Crippen LogP contribution >= 0.6 is 11.3 Å². The fraction of sp³-hybridized carbons (Fsp3) is 0. The van der Waals surface area contributed by atoms with Crippen LogP contribution in [0.25, 0.3) is 10.2 Å². The van der Waals surface area contributed by atoms with E-state index in [1.165, 1.54) is 6.20 Å². The number of hydrogen-bond acceptors (Lipinski definition) is 5. The summed E-state index contributed by atoms with van der Waals surface area (Å²) in [6, 6.07) is 1.59. The largest absolute Gasteiger partial charge is 0.477 e. The third-order valence-corrected chi connectivity index (χ3v) is 2.96. The van der Waals surface area contributed by atoms with Crippen molar-refractivity contribution in [1.29, 1.82) is 0 Å².